The average molecular weight is 264 g/mol. The Balaban J connectivity index is 1.89. The molecule has 1 fully saturated rings. The van der Waals surface area contributed by atoms with Crippen LogP contribution in [-0.4, -0.2) is 27.6 Å². The zero-order valence-corrected chi connectivity index (χ0v) is 11.1. The molecule has 0 aromatic carbocycles. The molecule has 1 heterocycles. The number of aliphatic carboxylic acids is 1. The second-order valence-electron chi connectivity index (χ2n) is 5.04. The molecule has 0 bridgehead atoms. The highest BCUT2D eigenvalue weighted by molar-refractivity contribution is 5.92. The van der Waals surface area contributed by atoms with Crippen molar-refractivity contribution in [2.24, 2.45) is 5.92 Å². The van der Waals surface area contributed by atoms with Crippen molar-refractivity contribution in [1.82, 2.24) is 9.88 Å². The number of hydrogen-bond donors (Lipinski definition) is 2. The molecule has 5 heteroatoms. The second-order valence-corrected chi connectivity index (χ2v) is 5.04. The number of aryl methyl sites for hydroxylation is 1. The number of carbonyl (C=O) groups is 2. The maximum atomic E-state index is 12.1. The van der Waals surface area contributed by atoms with Gasteiger partial charge in [0.05, 0.1) is 5.92 Å². The van der Waals surface area contributed by atoms with Gasteiger partial charge in [0.2, 0.25) is 0 Å². The van der Waals surface area contributed by atoms with Gasteiger partial charge in [-0.3, -0.25) is 9.59 Å². The van der Waals surface area contributed by atoms with Gasteiger partial charge in [0.1, 0.15) is 5.69 Å². The number of hydrogen-bond acceptors (Lipinski definition) is 2. The van der Waals surface area contributed by atoms with Gasteiger partial charge in [-0.05, 0) is 44.7 Å². The summed E-state index contributed by atoms with van der Waals surface area (Å²) in [6.45, 7) is 2.76. The first-order valence-electron chi connectivity index (χ1n) is 6.80. The van der Waals surface area contributed by atoms with E-state index in [0.29, 0.717) is 18.5 Å². The lowest BCUT2D eigenvalue weighted by Gasteiger charge is -2.26. The predicted octanol–water partition coefficient (Wildman–Crippen LogP) is 1.88. The van der Waals surface area contributed by atoms with E-state index in [-0.39, 0.29) is 17.9 Å². The maximum Gasteiger partial charge on any atom is 0.306 e. The molecular weight excluding hydrogens is 244 g/mol. The molecule has 1 saturated carbocycles. The Morgan fingerprint density at radius 1 is 1.37 bits per heavy atom. The average Bonchev–Trinajstić information content (AvgIpc) is 2.87. The number of aromatic nitrogens is 1. The molecule has 2 N–H and O–H groups in total. The minimum absolute atomic E-state index is 0.0642. The van der Waals surface area contributed by atoms with Crippen molar-refractivity contribution in [1.29, 1.82) is 0 Å². The largest absolute Gasteiger partial charge is 0.481 e. The Labute approximate surface area is 112 Å². The first-order chi connectivity index (χ1) is 9.11. The molecule has 0 radical (unpaired) electrons. The smallest absolute Gasteiger partial charge is 0.306 e. The maximum absolute atomic E-state index is 12.1. The van der Waals surface area contributed by atoms with E-state index in [1.807, 2.05) is 29.8 Å². The monoisotopic (exact) mass is 264 g/mol. The zero-order valence-electron chi connectivity index (χ0n) is 11.1. The third kappa shape index (κ3) is 3.16. The Kier molecular flexibility index (Phi) is 4.24. The van der Waals surface area contributed by atoms with Gasteiger partial charge < -0.3 is 15.0 Å². The molecule has 1 aromatic heterocycles. The standard InChI is InChI=1S/C14H20N2O3/c1-2-16-9-3-4-12(16)13(17)15-11-7-5-10(6-8-11)14(18)19/h3-4,9-11H,2,5-8H2,1H3,(H,15,17)(H,18,19). The number of amides is 1. The summed E-state index contributed by atoms with van der Waals surface area (Å²) in [5.74, 6) is -1.03. The van der Waals surface area contributed by atoms with Gasteiger partial charge in [0.25, 0.3) is 5.91 Å². The van der Waals surface area contributed by atoms with Crippen molar-refractivity contribution in [3.63, 3.8) is 0 Å². The summed E-state index contributed by atoms with van der Waals surface area (Å²) in [7, 11) is 0. The molecule has 0 spiro atoms. The quantitative estimate of drug-likeness (QED) is 0.872. The van der Waals surface area contributed by atoms with Gasteiger partial charge in [0, 0.05) is 18.8 Å². The molecular formula is C14H20N2O3. The lowest BCUT2D eigenvalue weighted by Crippen LogP contribution is -2.39. The van der Waals surface area contributed by atoms with E-state index in [4.69, 9.17) is 5.11 Å². The Morgan fingerprint density at radius 2 is 2.05 bits per heavy atom. The van der Waals surface area contributed by atoms with E-state index in [9.17, 15) is 9.59 Å². The Bertz CT molecular complexity index is 459. The molecule has 19 heavy (non-hydrogen) atoms. The van der Waals surface area contributed by atoms with Crippen molar-refractivity contribution in [3.05, 3.63) is 24.0 Å². The molecule has 0 aliphatic heterocycles. The lowest BCUT2D eigenvalue weighted by molar-refractivity contribution is -0.142. The Morgan fingerprint density at radius 3 is 2.63 bits per heavy atom. The van der Waals surface area contributed by atoms with Crippen LogP contribution < -0.4 is 5.32 Å². The summed E-state index contributed by atoms with van der Waals surface area (Å²) in [5, 5.41) is 11.9. The van der Waals surface area contributed by atoms with Crippen molar-refractivity contribution in [3.8, 4) is 0 Å². The van der Waals surface area contributed by atoms with Gasteiger partial charge in [-0.25, -0.2) is 0 Å². The van der Waals surface area contributed by atoms with Gasteiger partial charge in [-0.1, -0.05) is 0 Å². The van der Waals surface area contributed by atoms with Crippen molar-refractivity contribution in [2.45, 2.75) is 45.2 Å². The van der Waals surface area contributed by atoms with E-state index >= 15 is 0 Å². The second kappa shape index (κ2) is 5.91. The van der Waals surface area contributed by atoms with Crippen LogP contribution in [0.4, 0.5) is 0 Å². The lowest BCUT2D eigenvalue weighted by atomic mass is 9.86. The van der Waals surface area contributed by atoms with Crippen molar-refractivity contribution < 1.29 is 14.7 Å². The summed E-state index contributed by atoms with van der Waals surface area (Å²) in [4.78, 5) is 23.0. The van der Waals surface area contributed by atoms with Crippen LogP contribution in [0.2, 0.25) is 0 Å². The van der Waals surface area contributed by atoms with Crippen LogP contribution in [0.15, 0.2) is 18.3 Å². The summed E-state index contributed by atoms with van der Waals surface area (Å²) in [5.41, 5.74) is 0.669. The molecule has 5 nitrogen and oxygen atoms in total. The molecule has 104 valence electrons. The number of carbonyl (C=O) groups excluding carboxylic acids is 1. The molecule has 1 amide bonds. The molecule has 1 aliphatic carbocycles. The number of nitrogens with one attached hydrogen (secondary N) is 1. The Hall–Kier alpha value is -1.78. The summed E-state index contributed by atoms with van der Waals surface area (Å²) in [6.07, 6.45) is 4.67. The van der Waals surface area contributed by atoms with Gasteiger partial charge in [-0.15, -0.1) is 0 Å². The first kappa shape index (κ1) is 13.6. The molecule has 2 rings (SSSR count). The fourth-order valence-corrected chi connectivity index (χ4v) is 2.64. The summed E-state index contributed by atoms with van der Waals surface area (Å²) >= 11 is 0. The fraction of sp³-hybridized carbons (Fsp3) is 0.571. The summed E-state index contributed by atoms with van der Waals surface area (Å²) < 4.78 is 1.90. The number of carboxylic acids is 1. The molecule has 1 aliphatic rings. The first-order valence-corrected chi connectivity index (χ1v) is 6.80. The van der Waals surface area contributed by atoms with Gasteiger partial charge in [0.15, 0.2) is 0 Å². The predicted molar refractivity (Wildman–Crippen MR) is 71.0 cm³/mol. The SMILES string of the molecule is CCn1cccc1C(=O)NC1CCC(C(=O)O)CC1. The van der Waals surface area contributed by atoms with Gasteiger partial charge in [-0.2, -0.15) is 0 Å². The fourth-order valence-electron chi connectivity index (χ4n) is 2.64. The van der Waals surface area contributed by atoms with E-state index in [2.05, 4.69) is 5.32 Å². The van der Waals surface area contributed by atoms with Crippen LogP contribution in [-0.2, 0) is 11.3 Å². The number of carboxylic acid groups (broad SMARTS) is 1. The highest BCUT2D eigenvalue weighted by atomic mass is 16.4. The molecule has 0 saturated heterocycles. The van der Waals surface area contributed by atoms with Crippen LogP contribution in [0.5, 0.6) is 0 Å². The minimum Gasteiger partial charge on any atom is -0.481 e. The third-order valence-corrected chi connectivity index (χ3v) is 3.81. The van der Waals surface area contributed by atoms with Crippen molar-refractivity contribution >= 4 is 11.9 Å². The van der Waals surface area contributed by atoms with Crippen LogP contribution in [0.25, 0.3) is 0 Å². The topological polar surface area (TPSA) is 71.3 Å². The number of rotatable bonds is 4. The normalized spacial score (nSPS) is 23.0. The van der Waals surface area contributed by atoms with Crippen LogP contribution in [0.1, 0.15) is 43.1 Å². The third-order valence-electron chi connectivity index (χ3n) is 3.81. The highest BCUT2D eigenvalue weighted by Gasteiger charge is 2.27. The van der Waals surface area contributed by atoms with E-state index in [1.54, 1.807) is 0 Å². The molecule has 1 aromatic rings. The zero-order chi connectivity index (χ0) is 13.8. The molecule has 0 unspecified atom stereocenters. The van der Waals surface area contributed by atoms with Crippen molar-refractivity contribution in [2.75, 3.05) is 0 Å². The summed E-state index contributed by atoms with van der Waals surface area (Å²) in [6, 6.07) is 3.77. The molecule has 0 atom stereocenters. The van der Waals surface area contributed by atoms with E-state index in [0.717, 1.165) is 19.4 Å². The number of nitrogens with zero attached hydrogens (tertiary/aromatic N) is 1. The van der Waals surface area contributed by atoms with Crippen LogP contribution in [0, 0.1) is 5.92 Å². The van der Waals surface area contributed by atoms with Crippen LogP contribution >= 0.6 is 0 Å². The highest BCUT2D eigenvalue weighted by Crippen LogP contribution is 2.24. The van der Waals surface area contributed by atoms with E-state index in [1.165, 1.54) is 0 Å². The van der Waals surface area contributed by atoms with E-state index < -0.39 is 5.97 Å². The van der Waals surface area contributed by atoms with Gasteiger partial charge >= 0.3 is 5.97 Å². The van der Waals surface area contributed by atoms with Crippen LogP contribution in [0.3, 0.4) is 0 Å². The minimum atomic E-state index is -0.718.